The normalized spacial score (nSPS) is 11.7. The van der Waals surface area contributed by atoms with E-state index in [-0.39, 0.29) is 26.3 Å². The number of nitrogens with one attached hydrogen (secondary N) is 1. The van der Waals surface area contributed by atoms with Crippen molar-refractivity contribution in [2.45, 2.75) is 33.1 Å². The first-order valence-corrected chi connectivity index (χ1v) is 11.1. The number of alkyl halides is 3. The van der Waals surface area contributed by atoms with Gasteiger partial charge in [0.1, 0.15) is 21.9 Å². The molecule has 4 aromatic rings. The topological polar surface area (TPSA) is 164 Å². The largest absolute Gasteiger partial charge is 0.433 e. The van der Waals surface area contributed by atoms with Crippen LogP contribution >= 0.6 is 11.3 Å². The van der Waals surface area contributed by atoms with Gasteiger partial charge in [0, 0.05) is 23.7 Å². The van der Waals surface area contributed by atoms with E-state index in [1.54, 1.807) is 20.0 Å². The number of hydrogen-bond donors (Lipinski definition) is 2. The van der Waals surface area contributed by atoms with Crippen LogP contribution in [0.2, 0.25) is 0 Å². The second kappa shape index (κ2) is 9.03. The van der Waals surface area contributed by atoms with E-state index in [1.807, 2.05) is 0 Å². The average molecular weight is 522 g/mol. The zero-order valence-corrected chi connectivity index (χ0v) is 19.5. The van der Waals surface area contributed by atoms with Crippen molar-refractivity contribution < 1.29 is 27.7 Å². The zero-order valence-electron chi connectivity index (χ0n) is 18.7. The van der Waals surface area contributed by atoms with Crippen molar-refractivity contribution in [1.29, 1.82) is 0 Å². The Morgan fingerprint density at radius 3 is 2.53 bits per heavy atom. The second-order valence-corrected chi connectivity index (χ2v) is 8.56. The van der Waals surface area contributed by atoms with Crippen LogP contribution < -0.4 is 11.1 Å². The number of halogens is 3. The van der Waals surface area contributed by atoms with E-state index in [9.17, 15) is 32.9 Å². The fourth-order valence-corrected chi connectivity index (χ4v) is 4.56. The number of anilines is 1. The molecule has 188 valence electrons. The summed E-state index contributed by atoms with van der Waals surface area (Å²) >= 11 is 0.607. The van der Waals surface area contributed by atoms with Crippen LogP contribution in [-0.4, -0.2) is 41.3 Å². The molecule has 0 aliphatic heterocycles. The lowest BCUT2D eigenvalue weighted by Gasteiger charge is -2.11. The van der Waals surface area contributed by atoms with Crippen LogP contribution in [0.25, 0.3) is 21.3 Å². The second-order valence-electron chi connectivity index (χ2n) is 7.56. The molecule has 0 saturated heterocycles. The number of aromatic nitrogens is 5. The first-order chi connectivity index (χ1) is 16.9. The molecule has 0 aliphatic rings. The highest BCUT2D eigenvalue weighted by Gasteiger charge is 2.35. The number of carbonyl (C=O) groups excluding carboxylic acids is 2. The number of rotatable bonds is 7. The van der Waals surface area contributed by atoms with Gasteiger partial charge in [0.2, 0.25) is 5.91 Å². The molecular formula is C20H17F3N8O4S. The van der Waals surface area contributed by atoms with E-state index in [0.29, 0.717) is 29.1 Å². The molecule has 0 aromatic carbocycles. The van der Waals surface area contributed by atoms with Gasteiger partial charge >= 0.3 is 12.0 Å². The molecule has 12 nitrogen and oxygen atoms in total. The number of pyridine rings is 1. The summed E-state index contributed by atoms with van der Waals surface area (Å²) in [7, 11) is 0. The number of aryl methyl sites for hydroxylation is 2. The molecule has 0 bridgehead atoms. The maximum atomic E-state index is 13.7. The fraction of sp³-hybridized carbons (Fsp3) is 0.250. The Morgan fingerprint density at radius 2 is 1.97 bits per heavy atom. The molecule has 4 heterocycles. The monoisotopic (exact) mass is 522 g/mol. The summed E-state index contributed by atoms with van der Waals surface area (Å²) in [6, 6.07) is 1.92. The van der Waals surface area contributed by atoms with Crippen molar-refractivity contribution in [3.05, 3.63) is 50.9 Å². The van der Waals surface area contributed by atoms with Crippen LogP contribution in [0.5, 0.6) is 0 Å². The first-order valence-electron chi connectivity index (χ1n) is 10.3. The minimum atomic E-state index is -4.79. The summed E-state index contributed by atoms with van der Waals surface area (Å²) in [6.45, 7) is 3.41. The van der Waals surface area contributed by atoms with Crippen LogP contribution in [0, 0.1) is 17.0 Å². The SMILES string of the molecule is CCn1cc(-c2cc(C(F)(F)F)nc3sc(C(N)=O)c(NC(=O)Cn4ccc([N+](=O)[O-])n4)c23)c(C)n1. The predicted molar refractivity (Wildman–Crippen MR) is 122 cm³/mol. The molecule has 0 unspecified atom stereocenters. The van der Waals surface area contributed by atoms with Crippen molar-refractivity contribution in [2.75, 3.05) is 5.32 Å². The first kappa shape index (κ1) is 24.8. The number of amides is 2. The number of nitrogens with zero attached hydrogens (tertiary/aromatic N) is 6. The van der Waals surface area contributed by atoms with E-state index < -0.39 is 41.0 Å². The number of fused-ring (bicyclic) bond motifs is 1. The Kier molecular flexibility index (Phi) is 6.21. The molecule has 0 fully saturated rings. The third kappa shape index (κ3) is 4.61. The Hall–Kier alpha value is -4.34. The van der Waals surface area contributed by atoms with Crippen LogP contribution in [0.4, 0.5) is 24.7 Å². The number of nitro groups is 1. The molecule has 0 radical (unpaired) electrons. The van der Waals surface area contributed by atoms with Crippen molar-refractivity contribution in [3.63, 3.8) is 0 Å². The average Bonchev–Trinajstić information content (AvgIpc) is 3.50. The smallest absolute Gasteiger partial charge is 0.365 e. The summed E-state index contributed by atoms with van der Waals surface area (Å²) in [5, 5.41) is 21.3. The van der Waals surface area contributed by atoms with E-state index in [4.69, 9.17) is 5.73 Å². The summed E-state index contributed by atoms with van der Waals surface area (Å²) in [6.07, 6.45) is -2.02. The van der Waals surface area contributed by atoms with Crippen molar-refractivity contribution >= 4 is 44.9 Å². The third-order valence-electron chi connectivity index (χ3n) is 5.12. The molecule has 4 rings (SSSR count). The van der Waals surface area contributed by atoms with Gasteiger partial charge < -0.3 is 21.2 Å². The Bertz CT molecular complexity index is 1520. The molecule has 16 heteroatoms. The van der Waals surface area contributed by atoms with Crippen molar-refractivity contribution in [3.8, 4) is 11.1 Å². The summed E-state index contributed by atoms with van der Waals surface area (Å²) < 4.78 is 43.5. The molecular weight excluding hydrogens is 505 g/mol. The lowest BCUT2D eigenvalue weighted by atomic mass is 10.0. The summed E-state index contributed by atoms with van der Waals surface area (Å²) in [4.78, 5) is 38.3. The van der Waals surface area contributed by atoms with Crippen molar-refractivity contribution in [2.24, 2.45) is 5.73 Å². The summed E-state index contributed by atoms with van der Waals surface area (Å²) in [5.74, 6) is -2.21. The minimum Gasteiger partial charge on any atom is -0.365 e. The maximum Gasteiger partial charge on any atom is 0.433 e. The Morgan fingerprint density at radius 1 is 1.25 bits per heavy atom. The number of nitrogens with two attached hydrogens (primary N) is 1. The van der Waals surface area contributed by atoms with E-state index in [0.717, 1.165) is 16.8 Å². The quantitative estimate of drug-likeness (QED) is 0.278. The van der Waals surface area contributed by atoms with Gasteiger partial charge in [0.25, 0.3) is 5.91 Å². The standard InChI is InChI=1S/C20H17F3N8O4S/c1-3-29-7-11(9(2)27-29)10-6-12(20(21,22)23)25-19-15(10)16(17(36-19)18(24)33)26-14(32)8-30-5-4-13(28-30)31(34)35/h4-7H,3,8H2,1-2H3,(H2,24,33)(H,26,32). The van der Waals surface area contributed by atoms with Crippen LogP contribution in [-0.2, 0) is 24.1 Å². The zero-order chi connectivity index (χ0) is 26.4. The fourth-order valence-electron chi connectivity index (χ4n) is 3.56. The Labute approximate surface area is 203 Å². The number of carbonyl (C=O) groups is 2. The van der Waals surface area contributed by atoms with Crippen LogP contribution in [0.3, 0.4) is 0 Å². The van der Waals surface area contributed by atoms with Gasteiger partial charge in [-0.3, -0.25) is 14.3 Å². The van der Waals surface area contributed by atoms with Crippen LogP contribution in [0.1, 0.15) is 28.0 Å². The van der Waals surface area contributed by atoms with Gasteiger partial charge in [-0.1, -0.05) is 0 Å². The highest BCUT2D eigenvalue weighted by molar-refractivity contribution is 7.21. The van der Waals surface area contributed by atoms with Crippen molar-refractivity contribution in [1.82, 2.24) is 24.5 Å². The number of thiophene rings is 1. The van der Waals surface area contributed by atoms with Gasteiger partial charge in [-0.25, -0.2) is 4.98 Å². The number of hydrogen-bond acceptors (Lipinski definition) is 8. The lowest BCUT2D eigenvalue weighted by Crippen LogP contribution is -2.21. The molecule has 4 aromatic heterocycles. The highest BCUT2D eigenvalue weighted by atomic mass is 32.1. The van der Waals surface area contributed by atoms with Gasteiger partial charge in [-0.2, -0.15) is 23.0 Å². The predicted octanol–water partition coefficient (Wildman–Crippen LogP) is 3.35. The van der Waals surface area contributed by atoms with Crippen LogP contribution in [0.15, 0.2) is 24.5 Å². The Balaban J connectivity index is 1.88. The molecule has 36 heavy (non-hydrogen) atoms. The number of primary amides is 1. The van der Waals surface area contributed by atoms with Gasteiger partial charge in [-0.15, -0.1) is 11.3 Å². The van der Waals surface area contributed by atoms with E-state index in [1.165, 1.54) is 10.9 Å². The van der Waals surface area contributed by atoms with Gasteiger partial charge in [0.05, 0.1) is 28.7 Å². The van der Waals surface area contributed by atoms with Gasteiger partial charge in [0.15, 0.2) is 0 Å². The minimum absolute atomic E-state index is 0.0540. The van der Waals surface area contributed by atoms with Gasteiger partial charge in [-0.05, 0) is 30.4 Å². The molecule has 0 spiro atoms. The molecule has 0 saturated carbocycles. The van der Waals surface area contributed by atoms with E-state index >= 15 is 0 Å². The highest BCUT2D eigenvalue weighted by Crippen LogP contribution is 2.44. The maximum absolute atomic E-state index is 13.7. The molecule has 2 amide bonds. The third-order valence-corrected chi connectivity index (χ3v) is 6.22. The summed E-state index contributed by atoms with van der Waals surface area (Å²) in [5.41, 5.74) is 4.99. The lowest BCUT2D eigenvalue weighted by molar-refractivity contribution is -0.389. The molecule has 0 atom stereocenters. The molecule has 3 N–H and O–H groups in total. The van der Waals surface area contributed by atoms with E-state index in [2.05, 4.69) is 20.5 Å². The molecule has 0 aliphatic carbocycles.